The topological polar surface area (TPSA) is 82.2 Å². The summed E-state index contributed by atoms with van der Waals surface area (Å²) in [7, 11) is 0. The summed E-state index contributed by atoms with van der Waals surface area (Å²) >= 11 is 0. The Balaban J connectivity index is 2.40. The SMILES string of the molecule is CC(C)c1ccc(C(=O)Cn2cc([N+](=O)[O-])ccc2=O)c(C(C)C)c1. The fraction of sp³-hybridized carbons (Fsp3) is 0.368. The van der Waals surface area contributed by atoms with Crippen molar-refractivity contribution in [2.24, 2.45) is 0 Å². The molecule has 0 saturated carbocycles. The molecule has 132 valence electrons. The Hall–Kier alpha value is -2.76. The van der Waals surface area contributed by atoms with Crippen LogP contribution >= 0.6 is 0 Å². The number of hydrogen-bond acceptors (Lipinski definition) is 4. The van der Waals surface area contributed by atoms with E-state index in [1.165, 1.54) is 0 Å². The third-order valence-electron chi connectivity index (χ3n) is 4.16. The second-order valence-electron chi connectivity index (χ2n) is 6.69. The van der Waals surface area contributed by atoms with Crippen LogP contribution in [-0.4, -0.2) is 15.3 Å². The van der Waals surface area contributed by atoms with Gasteiger partial charge in [0.05, 0.1) is 17.7 Å². The van der Waals surface area contributed by atoms with Crippen molar-refractivity contribution in [3.63, 3.8) is 0 Å². The molecule has 1 aromatic carbocycles. The van der Waals surface area contributed by atoms with Crippen LogP contribution in [0.25, 0.3) is 0 Å². The largest absolute Gasteiger partial charge is 0.301 e. The number of aromatic nitrogens is 1. The molecule has 1 heterocycles. The van der Waals surface area contributed by atoms with Crippen LogP contribution in [0.15, 0.2) is 41.3 Å². The van der Waals surface area contributed by atoms with Gasteiger partial charge in [0.25, 0.3) is 11.2 Å². The van der Waals surface area contributed by atoms with E-state index in [1.807, 2.05) is 26.0 Å². The summed E-state index contributed by atoms with van der Waals surface area (Å²) < 4.78 is 1.08. The van der Waals surface area contributed by atoms with Crippen LogP contribution in [0.3, 0.4) is 0 Å². The lowest BCUT2D eigenvalue weighted by Gasteiger charge is -2.16. The first-order chi connectivity index (χ1) is 11.7. The van der Waals surface area contributed by atoms with Gasteiger partial charge in [0.1, 0.15) is 0 Å². The average Bonchev–Trinajstić information content (AvgIpc) is 2.55. The van der Waals surface area contributed by atoms with E-state index < -0.39 is 10.5 Å². The average molecular weight is 342 g/mol. The van der Waals surface area contributed by atoms with Gasteiger partial charge in [-0.05, 0) is 23.0 Å². The molecule has 0 unspecified atom stereocenters. The summed E-state index contributed by atoms with van der Waals surface area (Å²) in [5.74, 6) is 0.266. The van der Waals surface area contributed by atoms with Crippen molar-refractivity contribution in [2.75, 3.05) is 0 Å². The van der Waals surface area contributed by atoms with Crippen LogP contribution in [0.5, 0.6) is 0 Å². The maximum Gasteiger partial charge on any atom is 0.285 e. The summed E-state index contributed by atoms with van der Waals surface area (Å²) in [4.78, 5) is 34.9. The first-order valence-electron chi connectivity index (χ1n) is 8.22. The van der Waals surface area contributed by atoms with E-state index in [0.717, 1.165) is 34.0 Å². The van der Waals surface area contributed by atoms with Gasteiger partial charge in [-0.25, -0.2) is 0 Å². The normalized spacial score (nSPS) is 11.1. The zero-order valence-corrected chi connectivity index (χ0v) is 14.9. The molecule has 0 aliphatic carbocycles. The van der Waals surface area contributed by atoms with Crippen molar-refractivity contribution in [3.05, 3.63) is 73.7 Å². The maximum absolute atomic E-state index is 12.7. The lowest BCUT2D eigenvalue weighted by atomic mass is 9.90. The highest BCUT2D eigenvalue weighted by atomic mass is 16.6. The van der Waals surface area contributed by atoms with Crippen molar-refractivity contribution in [1.29, 1.82) is 0 Å². The maximum atomic E-state index is 12.7. The Labute approximate surface area is 146 Å². The van der Waals surface area contributed by atoms with Gasteiger partial charge in [-0.1, -0.05) is 45.9 Å². The molecular weight excluding hydrogens is 320 g/mol. The Kier molecular flexibility index (Phi) is 5.51. The fourth-order valence-corrected chi connectivity index (χ4v) is 2.66. The van der Waals surface area contributed by atoms with Crippen molar-refractivity contribution in [1.82, 2.24) is 4.57 Å². The van der Waals surface area contributed by atoms with Gasteiger partial charge in [-0.2, -0.15) is 0 Å². The highest BCUT2D eigenvalue weighted by molar-refractivity contribution is 5.97. The number of rotatable bonds is 6. The van der Waals surface area contributed by atoms with Crippen LogP contribution in [0.1, 0.15) is 61.0 Å². The van der Waals surface area contributed by atoms with Crippen LogP contribution in [0, 0.1) is 10.1 Å². The molecule has 2 rings (SSSR count). The van der Waals surface area contributed by atoms with Gasteiger partial charge in [0, 0.05) is 17.7 Å². The highest BCUT2D eigenvalue weighted by Crippen LogP contribution is 2.25. The quantitative estimate of drug-likeness (QED) is 0.453. The Bertz CT molecular complexity index is 866. The molecule has 0 aliphatic heterocycles. The second-order valence-corrected chi connectivity index (χ2v) is 6.69. The number of carbonyl (C=O) groups is 1. The highest BCUT2D eigenvalue weighted by Gasteiger charge is 2.17. The van der Waals surface area contributed by atoms with E-state index in [4.69, 9.17) is 0 Å². The minimum atomic E-state index is -0.586. The molecule has 0 amide bonds. The second kappa shape index (κ2) is 7.42. The van der Waals surface area contributed by atoms with Crippen LogP contribution < -0.4 is 5.56 Å². The first-order valence-corrected chi connectivity index (χ1v) is 8.22. The number of ketones is 1. The van der Waals surface area contributed by atoms with E-state index in [2.05, 4.69) is 13.8 Å². The molecule has 1 aromatic heterocycles. The minimum Gasteiger partial charge on any atom is -0.301 e. The summed E-state index contributed by atoms with van der Waals surface area (Å²) in [5.41, 5.74) is 1.97. The Morgan fingerprint density at radius 3 is 2.36 bits per heavy atom. The summed E-state index contributed by atoms with van der Waals surface area (Å²) in [6.07, 6.45) is 1.11. The number of nitro groups is 1. The van der Waals surface area contributed by atoms with Gasteiger partial charge < -0.3 is 4.57 Å². The molecule has 0 radical (unpaired) electrons. The smallest absolute Gasteiger partial charge is 0.285 e. The molecule has 0 aliphatic rings. The zero-order chi connectivity index (χ0) is 18.7. The van der Waals surface area contributed by atoms with Crippen LogP contribution in [-0.2, 0) is 6.54 Å². The summed E-state index contributed by atoms with van der Waals surface area (Å²) in [6, 6.07) is 7.98. The molecule has 25 heavy (non-hydrogen) atoms. The molecule has 0 atom stereocenters. The van der Waals surface area contributed by atoms with E-state index in [-0.39, 0.29) is 23.9 Å². The fourth-order valence-electron chi connectivity index (χ4n) is 2.66. The van der Waals surface area contributed by atoms with Crippen molar-refractivity contribution in [3.8, 4) is 0 Å². The zero-order valence-electron chi connectivity index (χ0n) is 14.9. The van der Waals surface area contributed by atoms with Crippen LogP contribution in [0.2, 0.25) is 0 Å². The van der Waals surface area contributed by atoms with Gasteiger partial charge in [-0.3, -0.25) is 19.7 Å². The van der Waals surface area contributed by atoms with E-state index in [1.54, 1.807) is 6.07 Å². The number of benzene rings is 1. The Morgan fingerprint density at radius 1 is 1.12 bits per heavy atom. The number of carbonyl (C=O) groups excluding carboxylic acids is 1. The lowest BCUT2D eigenvalue weighted by Crippen LogP contribution is -2.24. The first kappa shape index (κ1) is 18.6. The molecule has 0 spiro atoms. The third kappa shape index (κ3) is 4.21. The molecule has 0 fully saturated rings. The van der Waals surface area contributed by atoms with Gasteiger partial charge in [0.2, 0.25) is 0 Å². The molecular formula is C19H22N2O4. The molecule has 2 aromatic rings. The lowest BCUT2D eigenvalue weighted by molar-refractivity contribution is -0.385. The number of hydrogen-bond donors (Lipinski definition) is 0. The predicted octanol–water partition coefficient (Wildman–Crippen LogP) is 3.89. The van der Waals surface area contributed by atoms with Gasteiger partial charge in [-0.15, -0.1) is 0 Å². The summed E-state index contributed by atoms with van der Waals surface area (Å²) in [6.45, 7) is 7.97. The van der Waals surface area contributed by atoms with E-state index in [0.29, 0.717) is 11.5 Å². The third-order valence-corrected chi connectivity index (χ3v) is 4.16. The minimum absolute atomic E-state index is 0.152. The van der Waals surface area contributed by atoms with E-state index in [9.17, 15) is 19.7 Å². The summed E-state index contributed by atoms with van der Waals surface area (Å²) in [5, 5.41) is 10.9. The number of pyridine rings is 1. The van der Waals surface area contributed by atoms with Crippen LogP contribution in [0.4, 0.5) is 5.69 Å². The van der Waals surface area contributed by atoms with Gasteiger partial charge >= 0.3 is 0 Å². The van der Waals surface area contributed by atoms with E-state index >= 15 is 0 Å². The molecule has 0 bridgehead atoms. The Morgan fingerprint density at radius 2 is 1.80 bits per heavy atom. The molecule has 0 saturated heterocycles. The number of Topliss-reactive ketones (excluding diaryl/α,β-unsaturated/α-hetero) is 1. The van der Waals surface area contributed by atoms with Crippen molar-refractivity contribution >= 4 is 11.5 Å². The standard InChI is InChI=1S/C19H22N2O4/c1-12(2)14-5-7-16(17(9-14)13(3)4)18(22)11-20-10-15(21(24)25)6-8-19(20)23/h5-10,12-13H,11H2,1-4H3. The molecule has 6 nitrogen and oxygen atoms in total. The molecule has 0 N–H and O–H groups in total. The van der Waals surface area contributed by atoms with Crippen molar-refractivity contribution in [2.45, 2.75) is 46.1 Å². The van der Waals surface area contributed by atoms with Gasteiger partial charge in [0.15, 0.2) is 5.78 Å². The molecule has 6 heteroatoms. The monoisotopic (exact) mass is 342 g/mol. The predicted molar refractivity (Wildman–Crippen MR) is 96.3 cm³/mol. The van der Waals surface area contributed by atoms with Crippen molar-refractivity contribution < 1.29 is 9.72 Å². The number of nitrogens with zero attached hydrogens (tertiary/aromatic N) is 2.